The first kappa shape index (κ1) is 20.5. The lowest BCUT2D eigenvalue weighted by molar-refractivity contribution is -0.385. The monoisotopic (exact) mass is 392 g/mol. The molecular weight excluding hydrogens is 372 g/mol. The van der Waals surface area contributed by atoms with Gasteiger partial charge in [-0.15, -0.1) is 0 Å². The Morgan fingerprint density at radius 3 is 2.44 bits per heavy atom. The molecule has 27 heavy (non-hydrogen) atoms. The molecule has 0 saturated heterocycles. The van der Waals surface area contributed by atoms with Crippen molar-refractivity contribution in [2.45, 2.75) is 26.8 Å². The van der Waals surface area contributed by atoms with Gasteiger partial charge in [0.05, 0.1) is 24.2 Å². The van der Waals surface area contributed by atoms with Crippen molar-refractivity contribution in [2.24, 2.45) is 0 Å². The number of ether oxygens (including phenoxy) is 2. The maximum atomic E-state index is 12.6. The molecule has 1 N–H and O–H groups in total. The van der Waals surface area contributed by atoms with Crippen LogP contribution in [0.15, 0.2) is 36.4 Å². The summed E-state index contributed by atoms with van der Waals surface area (Å²) in [7, 11) is 0. The molecule has 7 nitrogen and oxygen atoms in total. The molecule has 0 bridgehead atoms. The normalized spacial score (nSPS) is 11.6. The number of amides is 1. The first-order valence-corrected chi connectivity index (χ1v) is 8.89. The second kappa shape index (κ2) is 9.23. The highest BCUT2D eigenvalue weighted by Crippen LogP contribution is 2.31. The SMILES string of the molecule is CCOc1ccc(C(C)NC(=O)c2cc(Cl)ccc2[N+](=O)[O-])cc1OCC. The zero-order chi connectivity index (χ0) is 20.0. The van der Waals surface area contributed by atoms with Crippen molar-refractivity contribution < 1.29 is 19.2 Å². The first-order valence-electron chi connectivity index (χ1n) is 8.51. The third-order valence-electron chi connectivity index (χ3n) is 3.81. The molecule has 0 saturated carbocycles. The lowest BCUT2D eigenvalue weighted by atomic mass is 10.1. The number of hydrogen-bond acceptors (Lipinski definition) is 5. The smallest absolute Gasteiger partial charge is 0.282 e. The third-order valence-corrected chi connectivity index (χ3v) is 4.05. The Hall–Kier alpha value is -2.80. The lowest BCUT2D eigenvalue weighted by Crippen LogP contribution is -2.27. The van der Waals surface area contributed by atoms with E-state index >= 15 is 0 Å². The predicted molar refractivity (Wildman–Crippen MR) is 103 cm³/mol. The number of rotatable bonds is 8. The summed E-state index contributed by atoms with van der Waals surface area (Å²) >= 11 is 5.89. The van der Waals surface area contributed by atoms with Gasteiger partial charge in [0.15, 0.2) is 11.5 Å². The number of nitro groups is 1. The van der Waals surface area contributed by atoms with E-state index in [0.717, 1.165) is 5.56 Å². The largest absolute Gasteiger partial charge is 0.490 e. The molecule has 1 atom stereocenters. The van der Waals surface area contributed by atoms with Crippen LogP contribution in [0.4, 0.5) is 5.69 Å². The molecule has 1 amide bonds. The standard InChI is InChI=1S/C19H21ClN2O5/c1-4-26-17-9-6-13(10-18(17)27-5-2)12(3)21-19(23)15-11-14(20)7-8-16(15)22(24)25/h6-12H,4-5H2,1-3H3,(H,21,23). The van der Waals surface area contributed by atoms with E-state index < -0.39 is 16.9 Å². The van der Waals surface area contributed by atoms with Gasteiger partial charge in [-0.25, -0.2) is 0 Å². The fourth-order valence-corrected chi connectivity index (χ4v) is 2.72. The quantitative estimate of drug-likeness (QED) is 0.526. The Morgan fingerprint density at radius 1 is 1.15 bits per heavy atom. The van der Waals surface area contributed by atoms with Gasteiger partial charge in [0.2, 0.25) is 0 Å². The van der Waals surface area contributed by atoms with Gasteiger partial charge in [-0.3, -0.25) is 14.9 Å². The van der Waals surface area contributed by atoms with Crippen molar-refractivity contribution in [2.75, 3.05) is 13.2 Å². The van der Waals surface area contributed by atoms with E-state index in [1.165, 1.54) is 18.2 Å². The Balaban J connectivity index is 2.25. The number of nitro benzene ring substituents is 1. The number of hydrogen-bond donors (Lipinski definition) is 1. The van der Waals surface area contributed by atoms with Crippen LogP contribution in [0.1, 0.15) is 42.7 Å². The van der Waals surface area contributed by atoms with Gasteiger partial charge in [-0.2, -0.15) is 0 Å². The summed E-state index contributed by atoms with van der Waals surface area (Å²) in [6, 6.07) is 8.83. The number of nitrogens with one attached hydrogen (secondary N) is 1. The van der Waals surface area contributed by atoms with Crippen LogP contribution < -0.4 is 14.8 Å². The van der Waals surface area contributed by atoms with Gasteiger partial charge in [0, 0.05) is 11.1 Å². The van der Waals surface area contributed by atoms with Crippen LogP contribution in [0.5, 0.6) is 11.5 Å². The van der Waals surface area contributed by atoms with Crippen molar-refractivity contribution in [3.8, 4) is 11.5 Å². The summed E-state index contributed by atoms with van der Waals surface area (Å²) in [5, 5.41) is 14.2. The average molecular weight is 393 g/mol. The van der Waals surface area contributed by atoms with Crippen molar-refractivity contribution in [1.29, 1.82) is 0 Å². The summed E-state index contributed by atoms with van der Waals surface area (Å²) in [4.78, 5) is 23.1. The molecule has 0 aliphatic carbocycles. The molecule has 0 aliphatic rings. The number of carbonyl (C=O) groups excluding carboxylic acids is 1. The first-order chi connectivity index (χ1) is 12.9. The summed E-state index contributed by atoms with van der Waals surface area (Å²) in [6.45, 7) is 6.50. The molecule has 0 radical (unpaired) electrons. The van der Waals surface area contributed by atoms with E-state index in [1.807, 2.05) is 19.9 Å². The van der Waals surface area contributed by atoms with E-state index in [-0.39, 0.29) is 16.3 Å². The van der Waals surface area contributed by atoms with E-state index in [2.05, 4.69) is 5.32 Å². The maximum Gasteiger partial charge on any atom is 0.282 e. The molecule has 0 aromatic heterocycles. The number of benzene rings is 2. The summed E-state index contributed by atoms with van der Waals surface area (Å²) in [5.41, 5.74) is 0.390. The highest BCUT2D eigenvalue weighted by atomic mass is 35.5. The van der Waals surface area contributed by atoms with Crippen molar-refractivity contribution in [3.63, 3.8) is 0 Å². The van der Waals surface area contributed by atoms with E-state index in [0.29, 0.717) is 24.7 Å². The maximum absolute atomic E-state index is 12.6. The van der Waals surface area contributed by atoms with Crippen molar-refractivity contribution >= 4 is 23.2 Å². The molecule has 144 valence electrons. The Kier molecular flexibility index (Phi) is 7.01. The van der Waals surface area contributed by atoms with Crippen LogP contribution in [-0.4, -0.2) is 24.0 Å². The van der Waals surface area contributed by atoms with Gasteiger partial charge >= 0.3 is 0 Å². The zero-order valence-corrected chi connectivity index (χ0v) is 16.1. The fourth-order valence-electron chi connectivity index (χ4n) is 2.54. The number of carbonyl (C=O) groups is 1. The van der Waals surface area contributed by atoms with E-state index in [1.54, 1.807) is 19.1 Å². The molecular formula is C19H21ClN2O5. The summed E-state index contributed by atoms with van der Waals surface area (Å²) < 4.78 is 11.1. The molecule has 0 aliphatic heterocycles. The molecule has 2 aromatic rings. The minimum absolute atomic E-state index is 0.0877. The minimum atomic E-state index is -0.611. The number of nitrogens with zero attached hydrogens (tertiary/aromatic N) is 1. The summed E-state index contributed by atoms with van der Waals surface area (Å²) in [5.74, 6) is 0.613. The molecule has 0 spiro atoms. The predicted octanol–water partition coefficient (Wildman–Crippen LogP) is 4.54. The second-order valence-corrected chi connectivity index (χ2v) is 6.12. The Labute approximate surface area is 162 Å². The minimum Gasteiger partial charge on any atom is -0.490 e. The third kappa shape index (κ3) is 5.10. The van der Waals surface area contributed by atoms with Crippen LogP contribution in [0.25, 0.3) is 0 Å². The van der Waals surface area contributed by atoms with Gasteiger partial charge in [-0.1, -0.05) is 17.7 Å². The van der Waals surface area contributed by atoms with Gasteiger partial charge < -0.3 is 14.8 Å². The van der Waals surface area contributed by atoms with Crippen LogP contribution in [0.3, 0.4) is 0 Å². The van der Waals surface area contributed by atoms with Crippen LogP contribution in [0.2, 0.25) is 5.02 Å². The van der Waals surface area contributed by atoms with Crippen molar-refractivity contribution in [3.05, 3.63) is 62.7 Å². The van der Waals surface area contributed by atoms with E-state index in [4.69, 9.17) is 21.1 Å². The second-order valence-electron chi connectivity index (χ2n) is 5.69. The van der Waals surface area contributed by atoms with Crippen LogP contribution in [0, 0.1) is 10.1 Å². The molecule has 8 heteroatoms. The van der Waals surface area contributed by atoms with Crippen molar-refractivity contribution in [1.82, 2.24) is 5.32 Å². The van der Waals surface area contributed by atoms with Gasteiger partial charge in [-0.05, 0) is 50.6 Å². The average Bonchev–Trinajstić information content (AvgIpc) is 2.63. The molecule has 0 heterocycles. The zero-order valence-electron chi connectivity index (χ0n) is 15.3. The number of halogens is 1. The van der Waals surface area contributed by atoms with Gasteiger partial charge in [0.1, 0.15) is 5.56 Å². The summed E-state index contributed by atoms with van der Waals surface area (Å²) in [6.07, 6.45) is 0. The topological polar surface area (TPSA) is 90.7 Å². The van der Waals surface area contributed by atoms with Gasteiger partial charge in [0.25, 0.3) is 11.6 Å². The van der Waals surface area contributed by atoms with Crippen LogP contribution >= 0.6 is 11.6 Å². The Bertz CT molecular complexity index is 841. The molecule has 1 unspecified atom stereocenters. The molecule has 2 aromatic carbocycles. The van der Waals surface area contributed by atoms with E-state index in [9.17, 15) is 14.9 Å². The van der Waals surface area contributed by atoms with Crippen LogP contribution in [-0.2, 0) is 0 Å². The molecule has 2 rings (SSSR count). The highest BCUT2D eigenvalue weighted by Gasteiger charge is 2.22. The fraction of sp³-hybridized carbons (Fsp3) is 0.316. The highest BCUT2D eigenvalue weighted by molar-refractivity contribution is 6.31. The molecule has 0 fully saturated rings. The Morgan fingerprint density at radius 2 is 1.81 bits per heavy atom. The lowest BCUT2D eigenvalue weighted by Gasteiger charge is -2.17.